The summed E-state index contributed by atoms with van der Waals surface area (Å²) in [5.74, 6) is -0.976. The molecule has 2 rings (SSSR count). The minimum Gasteiger partial charge on any atom is -0.489 e. The van der Waals surface area contributed by atoms with Crippen molar-refractivity contribution in [1.29, 1.82) is 0 Å². The van der Waals surface area contributed by atoms with Crippen LogP contribution in [0.4, 0.5) is 4.39 Å². The van der Waals surface area contributed by atoms with Crippen LogP contribution in [0, 0.1) is 0 Å². The first-order chi connectivity index (χ1) is 10.5. The van der Waals surface area contributed by atoms with Gasteiger partial charge in [-0.05, 0) is 24.1 Å². The summed E-state index contributed by atoms with van der Waals surface area (Å²) in [6, 6.07) is 5.02. The molecule has 1 aliphatic rings. The van der Waals surface area contributed by atoms with Gasteiger partial charge in [-0.25, -0.2) is 4.39 Å². The number of carbonyl (C=O) groups is 2. The molecule has 0 unspecified atom stereocenters. The van der Waals surface area contributed by atoms with Crippen LogP contribution in [0.15, 0.2) is 30.1 Å². The van der Waals surface area contributed by atoms with Gasteiger partial charge >= 0.3 is 5.97 Å². The van der Waals surface area contributed by atoms with Crippen molar-refractivity contribution in [2.45, 2.75) is 6.42 Å². The lowest BCUT2D eigenvalue weighted by molar-refractivity contribution is -0.137. The lowest BCUT2D eigenvalue weighted by atomic mass is 9.98. The smallest absolute Gasteiger partial charge is 0.323 e. The van der Waals surface area contributed by atoms with Gasteiger partial charge in [-0.2, -0.15) is 0 Å². The number of rotatable bonds is 6. The fraction of sp³-hybridized carbons (Fsp3) is 0.333. The van der Waals surface area contributed by atoms with Crippen LogP contribution in [0.2, 0.25) is 0 Å². The van der Waals surface area contributed by atoms with E-state index in [9.17, 15) is 14.0 Å². The van der Waals surface area contributed by atoms with E-state index in [4.69, 9.17) is 15.6 Å². The Hall–Kier alpha value is -2.41. The zero-order valence-corrected chi connectivity index (χ0v) is 11.9. The SMILES string of the molecule is NC/C(=C/F)COc1ccc2c(c1)C(=O)N(CC(=O)O)CC2. The normalized spacial score (nSPS) is 14.7. The number of hydrogen-bond acceptors (Lipinski definition) is 4. The standard InChI is InChI=1S/C15H17FN2O4/c16-6-10(7-17)9-22-12-2-1-11-3-4-18(8-14(19)20)15(21)13(11)5-12/h1-2,5-6H,3-4,7-9,17H2,(H,19,20)/b10-6-. The minimum atomic E-state index is -1.05. The number of ether oxygens (including phenoxy) is 1. The Morgan fingerprint density at radius 3 is 2.91 bits per heavy atom. The fourth-order valence-corrected chi connectivity index (χ4v) is 2.21. The summed E-state index contributed by atoms with van der Waals surface area (Å²) < 4.78 is 17.8. The Labute approximate surface area is 127 Å². The summed E-state index contributed by atoms with van der Waals surface area (Å²) in [6.07, 6.45) is 0.991. The maximum atomic E-state index is 12.4. The second kappa shape index (κ2) is 7.04. The molecule has 0 saturated carbocycles. The molecule has 1 aliphatic heterocycles. The van der Waals surface area contributed by atoms with Crippen LogP contribution in [0.25, 0.3) is 0 Å². The first-order valence-corrected chi connectivity index (χ1v) is 6.80. The van der Waals surface area contributed by atoms with E-state index in [-0.39, 0.29) is 25.6 Å². The van der Waals surface area contributed by atoms with Gasteiger partial charge in [0.15, 0.2) is 0 Å². The first kappa shape index (κ1) is 16.0. The summed E-state index contributed by atoms with van der Waals surface area (Å²) in [4.78, 5) is 24.3. The number of fused-ring (bicyclic) bond motifs is 1. The third-order valence-electron chi connectivity index (χ3n) is 3.42. The number of carbonyl (C=O) groups excluding carboxylic acids is 1. The molecule has 6 nitrogen and oxygen atoms in total. The average Bonchev–Trinajstić information content (AvgIpc) is 2.51. The number of aliphatic carboxylic acids is 1. The molecule has 7 heteroatoms. The molecule has 0 bridgehead atoms. The van der Waals surface area contributed by atoms with Crippen molar-refractivity contribution in [2.75, 3.05) is 26.2 Å². The molecule has 0 saturated heterocycles. The molecule has 1 heterocycles. The van der Waals surface area contributed by atoms with Crippen molar-refractivity contribution in [1.82, 2.24) is 4.90 Å². The zero-order valence-electron chi connectivity index (χ0n) is 11.9. The van der Waals surface area contributed by atoms with Gasteiger partial charge in [0.2, 0.25) is 0 Å². The van der Waals surface area contributed by atoms with Crippen molar-refractivity contribution >= 4 is 11.9 Å². The number of amides is 1. The van der Waals surface area contributed by atoms with E-state index in [0.29, 0.717) is 36.2 Å². The van der Waals surface area contributed by atoms with E-state index < -0.39 is 5.97 Å². The fourth-order valence-electron chi connectivity index (χ4n) is 2.21. The van der Waals surface area contributed by atoms with Crippen LogP contribution in [0.3, 0.4) is 0 Å². The molecule has 3 N–H and O–H groups in total. The Morgan fingerprint density at radius 1 is 1.50 bits per heavy atom. The maximum Gasteiger partial charge on any atom is 0.323 e. The van der Waals surface area contributed by atoms with E-state index in [1.165, 1.54) is 4.90 Å². The van der Waals surface area contributed by atoms with E-state index in [1.807, 2.05) is 0 Å². The average molecular weight is 308 g/mol. The van der Waals surface area contributed by atoms with Gasteiger partial charge in [0.05, 0.1) is 6.33 Å². The van der Waals surface area contributed by atoms with Crippen molar-refractivity contribution in [3.05, 3.63) is 41.2 Å². The largest absolute Gasteiger partial charge is 0.489 e. The first-order valence-electron chi connectivity index (χ1n) is 6.80. The topological polar surface area (TPSA) is 92.9 Å². The number of nitrogens with zero attached hydrogens (tertiary/aromatic N) is 1. The molecule has 118 valence electrons. The number of halogens is 1. The molecular formula is C15H17FN2O4. The van der Waals surface area contributed by atoms with E-state index >= 15 is 0 Å². The van der Waals surface area contributed by atoms with Crippen LogP contribution < -0.4 is 10.5 Å². The molecule has 1 aromatic carbocycles. The van der Waals surface area contributed by atoms with Gasteiger partial charge in [-0.15, -0.1) is 0 Å². The lowest BCUT2D eigenvalue weighted by Crippen LogP contribution is -2.40. The summed E-state index contributed by atoms with van der Waals surface area (Å²) in [5, 5.41) is 8.81. The molecular weight excluding hydrogens is 291 g/mol. The second-order valence-electron chi connectivity index (χ2n) is 4.95. The summed E-state index contributed by atoms with van der Waals surface area (Å²) in [5.41, 5.74) is 6.91. The number of hydrogen-bond donors (Lipinski definition) is 2. The predicted molar refractivity (Wildman–Crippen MR) is 77.4 cm³/mol. The molecule has 0 aromatic heterocycles. The van der Waals surface area contributed by atoms with Crippen molar-refractivity contribution in [2.24, 2.45) is 5.73 Å². The Balaban J connectivity index is 2.14. The van der Waals surface area contributed by atoms with Crippen LogP contribution >= 0.6 is 0 Å². The summed E-state index contributed by atoms with van der Waals surface area (Å²) in [6.45, 7) is 0.0943. The quantitative estimate of drug-likeness (QED) is 0.816. The van der Waals surface area contributed by atoms with Gasteiger partial charge in [0.25, 0.3) is 5.91 Å². The van der Waals surface area contributed by atoms with Gasteiger partial charge in [-0.1, -0.05) is 6.07 Å². The van der Waals surface area contributed by atoms with Crippen LogP contribution in [0.5, 0.6) is 5.75 Å². The molecule has 0 spiro atoms. The monoisotopic (exact) mass is 308 g/mol. The highest BCUT2D eigenvalue weighted by Crippen LogP contribution is 2.24. The highest BCUT2D eigenvalue weighted by Gasteiger charge is 2.26. The van der Waals surface area contributed by atoms with Gasteiger partial charge in [0.1, 0.15) is 18.9 Å². The van der Waals surface area contributed by atoms with Crippen LogP contribution in [-0.2, 0) is 11.2 Å². The van der Waals surface area contributed by atoms with Crippen LogP contribution in [0.1, 0.15) is 15.9 Å². The van der Waals surface area contributed by atoms with Crippen LogP contribution in [-0.4, -0.2) is 48.1 Å². The predicted octanol–water partition coefficient (Wildman–Crippen LogP) is 0.960. The Kier molecular flexibility index (Phi) is 5.11. The van der Waals surface area contributed by atoms with Crippen molar-refractivity contribution in [3.8, 4) is 5.75 Å². The van der Waals surface area contributed by atoms with Gasteiger partial charge in [0, 0.05) is 24.2 Å². The van der Waals surface area contributed by atoms with Gasteiger partial charge in [-0.3, -0.25) is 9.59 Å². The van der Waals surface area contributed by atoms with E-state index in [0.717, 1.165) is 5.56 Å². The third-order valence-corrected chi connectivity index (χ3v) is 3.42. The lowest BCUT2D eigenvalue weighted by Gasteiger charge is -2.27. The highest BCUT2D eigenvalue weighted by molar-refractivity contribution is 5.98. The number of carboxylic acid groups (broad SMARTS) is 1. The zero-order chi connectivity index (χ0) is 16.1. The maximum absolute atomic E-state index is 12.4. The molecule has 1 aromatic rings. The number of nitrogens with two attached hydrogens (primary N) is 1. The molecule has 1 amide bonds. The Morgan fingerprint density at radius 2 is 2.27 bits per heavy atom. The highest BCUT2D eigenvalue weighted by atomic mass is 19.1. The Bertz CT molecular complexity index is 616. The second-order valence-corrected chi connectivity index (χ2v) is 4.95. The number of benzene rings is 1. The van der Waals surface area contributed by atoms with E-state index in [1.54, 1.807) is 18.2 Å². The molecule has 0 atom stereocenters. The summed E-state index contributed by atoms with van der Waals surface area (Å²) >= 11 is 0. The van der Waals surface area contributed by atoms with Crippen molar-refractivity contribution in [3.63, 3.8) is 0 Å². The van der Waals surface area contributed by atoms with E-state index in [2.05, 4.69) is 0 Å². The van der Waals surface area contributed by atoms with Crippen molar-refractivity contribution < 1.29 is 23.8 Å². The molecule has 0 radical (unpaired) electrons. The third kappa shape index (κ3) is 3.62. The van der Waals surface area contributed by atoms with Gasteiger partial charge < -0.3 is 20.5 Å². The summed E-state index contributed by atoms with van der Waals surface area (Å²) in [7, 11) is 0. The molecule has 0 fully saturated rings. The number of carboxylic acids is 1. The molecule has 0 aliphatic carbocycles. The molecule has 22 heavy (non-hydrogen) atoms. The minimum absolute atomic E-state index is 0.00117.